The molecule has 0 spiro atoms. The average Bonchev–Trinajstić information content (AvgIpc) is 3.25. The number of aliphatic carboxylic acids is 2. The number of benzene rings is 1. The van der Waals surface area contributed by atoms with Crippen LogP contribution in [0.15, 0.2) is 47.8 Å². The highest BCUT2D eigenvalue weighted by Crippen LogP contribution is 2.13. The van der Waals surface area contributed by atoms with Crippen molar-refractivity contribution in [1.82, 2.24) is 15.3 Å². The Balaban J connectivity index is 0.000000642. The quantitative estimate of drug-likeness (QED) is 0.182. The third-order valence-electron chi connectivity index (χ3n) is 3.20. The molecule has 1 aromatic heterocycles. The largest absolute Gasteiger partial charge is 0.490 e. The summed E-state index contributed by atoms with van der Waals surface area (Å²) in [6.45, 7) is 0.555. The molecule has 6 N–H and O–H groups in total. The third kappa shape index (κ3) is 14.0. The first-order valence-electron chi connectivity index (χ1n) is 8.88. The van der Waals surface area contributed by atoms with Crippen LogP contribution in [-0.2, 0) is 16.0 Å². The molecule has 0 atom stereocenters. The van der Waals surface area contributed by atoms with E-state index in [0.717, 1.165) is 18.5 Å². The number of aryl methyl sites for hydroxylation is 1. The Morgan fingerprint density at radius 1 is 1.00 bits per heavy atom. The third-order valence-corrected chi connectivity index (χ3v) is 3.20. The highest BCUT2D eigenvalue weighted by atomic mass is 19.4. The van der Waals surface area contributed by atoms with Gasteiger partial charge in [-0.25, -0.2) is 14.6 Å². The van der Waals surface area contributed by atoms with E-state index in [1.165, 1.54) is 0 Å². The molecule has 34 heavy (non-hydrogen) atoms. The van der Waals surface area contributed by atoms with Crippen LogP contribution in [-0.4, -0.2) is 62.9 Å². The van der Waals surface area contributed by atoms with E-state index in [-0.39, 0.29) is 11.9 Å². The molecule has 10 nitrogen and oxygen atoms in total. The number of aromatic nitrogens is 2. The van der Waals surface area contributed by atoms with Crippen LogP contribution in [0.3, 0.4) is 0 Å². The molecule has 0 bridgehead atoms. The second-order valence-electron chi connectivity index (χ2n) is 5.87. The number of nitrogens with two attached hydrogens (primary N) is 1. The molecule has 2 aromatic rings. The maximum absolute atomic E-state index is 11.8. The zero-order chi connectivity index (χ0) is 26.4. The fourth-order valence-corrected chi connectivity index (χ4v) is 1.71. The maximum atomic E-state index is 11.8. The van der Waals surface area contributed by atoms with E-state index in [0.29, 0.717) is 12.1 Å². The van der Waals surface area contributed by atoms with Crippen LogP contribution in [0.25, 0.3) is 0 Å². The van der Waals surface area contributed by atoms with Crippen molar-refractivity contribution in [2.24, 2.45) is 10.7 Å². The van der Waals surface area contributed by atoms with Gasteiger partial charge in [0, 0.05) is 24.0 Å². The molecule has 1 heterocycles. The summed E-state index contributed by atoms with van der Waals surface area (Å²) < 4.78 is 63.5. The van der Waals surface area contributed by atoms with Gasteiger partial charge in [-0.15, -0.1) is 0 Å². The number of nitrogens with zero attached hydrogens (tertiary/aromatic N) is 2. The Hall–Kier alpha value is -4.11. The van der Waals surface area contributed by atoms with Crippen molar-refractivity contribution in [3.63, 3.8) is 0 Å². The number of hydrogen-bond acceptors (Lipinski definition) is 5. The summed E-state index contributed by atoms with van der Waals surface area (Å²) in [7, 11) is 0. The van der Waals surface area contributed by atoms with Crippen LogP contribution in [0.5, 0.6) is 0 Å². The maximum Gasteiger partial charge on any atom is 0.490 e. The first-order chi connectivity index (χ1) is 15.6. The van der Waals surface area contributed by atoms with Crippen LogP contribution in [0.2, 0.25) is 0 Å². The number of nitrogens with one attached hydrogen (secondary N) is 2. The number of carbonyl (C=O) groups is 3. The molecule has 0 aliphatic heterocycles. The number of imidazole rings is 1. The zero-order valence-electron chi connectivity index (χ0n) is 17.0. The van der Waals surface area contributed by atoms with E-state index in [1.54, 1.807) is 36.8 Å². The highest BCUT2D eigenvalue weighted by Gasteiger charge is 2.38. The number of aliphatic imine (C=N–C) groups is 1. The van der Waals surface area contributed by atoms with E-state index < -0.39 is 24.3 Å². The second-order valence-corrected chi connectivity index (χ2v) is 5.87. The molecule has 0 aliphatic rings. The number of carboxylic acid groups (broad SMARTS) is 2. The second kappa shape index (κ2) is 14.1. The van der Waals surface area contributed by atoms with Gasteiger partial charge in [0.05, 0.1) is 6.33 Å². The SMILES string of the molecule is NC(=NCCCc1cnc[nH]1)NC(=O)c1ccccc1.O=C(O)C(F)(F)F.O=C(O)C(F)(F)F. The fourth-order valence-electron chi connectivity index (χ4n) is 1.71. The van der Waals surface area contributed by atoms with Gasteiger partial charge in [-0.3, -0.25) is 15.1 Å². The zero-order valence-corrected chi connectivity index (χ0v) is 17.0. The van der Waals surface area contributed by atoms with E-state index in [9.17, 15) is 31.1 Å². The minimum atomic E-state index is -5.08. The lowest BCUT2D eigenvalue weighted by Crippen LogP contribution is -2.36. The molecule has 0 radical (unpaired) electrons. The van der Waals surface area contributed by atoms with Crippen molar-refractivity contribution < 1.29 is 50.9 Å². The fraction of sp³-hybridized carbons (Fsp3) is 0.278. The van der Waals surface area contributed by atoms with E-state index in [2.05, 4.69) is 20.3 Å². The minimum absolute atomic E-state index is 0.142. The van der Waals surface area contributed by atoms with Crippen molar-refractivity contribution in [3.8, 4) is 0 Å². The molecule has 1 amide bonds. The summed E-state index contributed by atoms with van der Waals surface area (Å²) >= 11 is 0. The first kappa shape index (κ1) is 29.9. The van der Waals surface area contributed by atoms with Gasteiger partial charge in [-0.05, 0) is 25.0 Å². The van der Waals surface area contributed by atoms with Crippen molar-refractivity contribution in [1.29, 1.82) is 0 Å². The van der Waals surface area contributed by atoms with Gasteiger partial charge in [0.25, 0.3) is 5.91 Å². The van der Waals surface area contributed by atoms with Gasteiger partial charge >= 0.3 is 24.3 Å². The van der Waals surface area contributed by atoms with Crippen LogP contribution in [0, 0.1) is 0 Å². The normalized spacial score (nSPS) is 11.3. The number of amides is 1. The van der Waals surface area contributed by atoms with Crippen LogP contribution in [0.4, 0.5) is 26.3 Å². The lowest BCUT2D eigenvalue weighted by atomic mass is 10.2. The predicted octanol–water partition coefficient (Wildman–Crippen LogP) is 2.35. The lowest BCUT2D eigenvalue weighted by molar-refractivity contribution is -0.193. The van der Waals surface area contributed by atoms with E-state index in [1.807, 2.05) is 6.07 Å². The molecular weight excluding hydrogens is 480 g/mol. The van der Waals surface area contributed by atoms with Crippen molar-refractivity contribution >= 4 is 23.8 Å². The molecule has 2 rings (SSSR count). The molecule has 0 saturated heterocycles. The Labute approximate surface area is 187 Å². The van der Waals surface area contributed by atoms with Crippen LogP contribution in [0.1, 0.15) is 22.5 Å². The molecule has 0 unspecified atom stereocenters. The summed E-state index contributed by atoms with van der Waals surface area (Å²) in [4.78, 5) is 40.7. The summed E-state index contributed by atoms with van der Waals surface area (Å²) in [5.41, 5.74) is 7.29. The molecular formula is C18H19F6N5O5. The monoisotopic (exact) mass is 499 g/mol. The number of carbonyl (C=O) groups excluding carboxylic acids is 1. The Kier molecular flexibility index (Phi) is 12.4. The van der Waals surface area contributed by atoms with Gasteiger partial charge < -0.3 is 20.9 Å². The summed E-state index contributed by atoms with van der Waals surface area (Å²) in [6.07, 6.45) is -5.05. The van der Waals surface area contributed by atoms with E-state index in [4.69, 9.17) is 25.5 Å². The Morgan fingerprint density at radius 2 is 1.50 bits per heavy atom. The summed E-state index contributed by atoms with van der Waals surface area (Å²) in [5, 5.41) is 16.8. The van der Waals surface area contributed by atoms with Gasteiger partial charge in [0.15, 0.2) is 5.96 Å². The van der Waals surface area contributed by atoms with Gasteiger partial charge in [-0.1, -0.05) is 18.2 Å². The van der Waals surface area contributed by atoms with Crippen LogP contribution < -0.4 is 11.1 Å². The number of aromatic amines is 1. The predicted molar refractivity (Wildman–Crippen MR) is 105 cm³/mol. The number of alkyl halides is 6. The van der Waals surface area contributed by atoms with Gasteiger partial charge in [0.1, 0.15) is 0 Å². The summed E-state index contributed by atoms with van der Waals surface area (Å²) in [5.74, 6) is -5.62. The molecule has 0 saturated carbocycles. The van der Waals surface area contributed by atoms with E-state index >= 15 is 0 Å². The Morgan fingerprint density at radius 3 is 1.91 bits per heavy atom. The molecule has 1 aromatic carbocycles. The standard InChI is InChI=1S/C14H17N5O.2C2HF3O2/c15-14(17-8-4-7-12-9-16-10-18-12)19-13(20)11-5-2-1-3-6-11;2*3-2(4,5)1(6)7/h1-3,5-6,9-10H,4,7-8H2,(H,16,18)(H3,15,17,19,20);2*(H,6,7). The Bertz CT molecular complexity index is 907. The summed E-state index contributed by atoms with van der Waals surface area (Å²) in [6, 6.07) is 8.89. The number of rotatable bonds is 5. The molecule has 0 aliphatic carbocycles. The van der Waals surface area contributed by atoms with Crippen LogP contribution >= 0.6 is 0 Å². The number of hydrogen-bond donors (Lipinski definition) is 5. The number of carboxylic acids is 2. The highest BCUT2D eigenvalue weighted by molar-refractivity contribution is 6.05. The topological polar surface area (TPSA) is 171 Å². The number of halogens is 6. The minimum Gasteiger partial charge on any atom is -0.475 e. The van der Waals surface area contributed by atoms with Crippen molar-refractivity contribution in [2.45, 2.75) is 25.2 Å². The first-order valence-corrected chi connectivity index (χ1v) is 8.88. The molecule has 188 valence electrons. The van der Waals surface area contributed by atoms with Crippen molar-refractivity contribution in [3.05, 3.63) is 54.1 Å². The van der Waals surface area contributed by atoms with Gasteiger partial charge in [0.2, 0.25) is 0 Å². The molecule has 0 fully saturated rings. The number of H-pyrrole nitrogens is 1. The molecule has 16 heteroatoms. The van der Waals surface area contributed by atoms with Crippen molar-refractivity contribution in [2.75, 3.05) is 6.54 Å². The smallest absolute Gasteiger partial charge is 0.475 e. The number of guanidine groups is 1. The average molecular weight is 499 g/mol. The lowest BCUT2D eigenvalue weighted by Gasteiger charge is -2.04. The van der Waals surface area contributed by atoms with Gasteiger partial charge in [-0.2, -0.15) is 26.3 Å².